The first-order valence-electron chi connectivity index (χ1n) is 16.2. The van der Waals surface area contributed by atoms with Crippen LogP contribution in [-0.2, 0) is 9.53 Å². The molecule has 0 bridgehead atoms. The van der Waals surface area contributed by atoms with Gasteiger partial charge in [-0.3, -0.25) is 4.79 Å². The predicted molar refractivity (Wildman–Crippen MR) is 182 cm³/mol. The van der Waals surface area contributed by atoms with Gasteiger partial charge in [0.05, 0.1) is 18.5 Å². The Balaban J connectivity index is 1.44. The summed E-state index contributed by atoms with van der Waals surface area (Å²) in [5.41, 5.74) is 10.9. The zero-order chi connectivity index (χ0) is 31.9. The number of aryl methyl sites for hydroxylation is 1. The van der Waals surface area contributed by atoms with Crippen molar-refractivity contribution in [3.8, 4) is 6.07 Å². The van der Waals surface area contributed by atoms with Crippen molar-refractivity contribution in [1.29, 1.82) is 5.26 Å². The molecule has 238 valence electrons. The summed E-state index contributed by atoms with van der Waals surface area (Å²) in [6.45, 7) is 14.7. The summed E-state index contributed by atoms with van der Waals surface area (Å²) in [6.07, 6.45) is 6.99. The first-order valence-corrected chi connectivity index (χ1v) is 16.2. The molecule has 1 amide bonds. The number of benzene rings is 2. The van der Waals surface area contributed by atoms with E-state index in [-0.39, 0.29) is 24.4 Å². The summed E-state index contributed by atoms with van der Waals surface area (Å²) >= 11 is 0. The Bertz CT molecular complexity index is 1510. The maximum atomic E-state index is 12.6. The summed E-state index contributed by atoms with van der Waals surface area (Å²) in [5, 5.41) is 12.1. The smallest absolute Gasteiger partial charge is 0.288 e. The van der Waals surface area contributed by atoms with Crippen LogP contribution >= 0.6 is 0 Å². The summed E-state index contributed by atoms with van der Waals surface area (Å²) in [7, 11) is 2.13. The Morgan fingerprint density at radius 1 is 1.20 bits per heavy atom. The van der Waals surface area contributed by atoms with Crippen LogP contribution in [0.3, 0.4) is 0 Å². The van der Waals surface area contributed by atoms with Gasteiger partial charge in [0, 0.05) is 56.4 Å². The number of carbonyl (C=O) groups is 1. The van der Waals surface area contributed by atoms with Gasteiger partial charge in [-0.1, -0.05) is 49.9 Å². The Hall–Kier alpha value is -4.29. The van der Waals surface area contributed by atoms with Gasteiger partial charge in [0.25, 0.3) is 6.02 Å². The number of ether oxygens (including phenoxy) is 1. The number of nitriles is 1. The number of nitrogens with two attached hydrogens (primary N) is 1. The average molecular weight is 610 g/mol. The molecule has 2 aromatic carbocycles. The van der Waals surface area contributed by atoms with Crippen molar-refractivity contribution in [3.63, 3.8) is 0 Å². The lowest BCUT2D eigenvalue weighted by Gasteiger charge is -2.42. The van der Waals surface area contributed by atoms with Crippen LogP contribution in [0.15, 0.2) is 77.6 Å². The normalized spacial score (nSPS) is 20.9. The number of aliphatic imine (C=N–C) groups is 1. The van der Waals surface area contributed by atoms with Gasteiger partial charge in [-0.25, -0.2) is 0 Å². The SMILES string of the molecule is C=CC(=O)N1CCN(/C(N=C(N)OCCN(C)C2CCC2)=C2\CCCN(c3cccc4cccc(C)c34)CC2=C)CC1CC#N. The number of amides is 1. The average Bonchev–Trinajstić information content (AvgIpc) is 3.19. The molecule has 1 aliphatic carbocycles. The van der Waals surface area contributed by atoms with Crippen molar-refractivity contribution in [3.05, 3.63) is 78.2 Å². The van der Waals surface area contributed by atoms with E-state index >= 15 is 0 Å². The number of fused-ring (bicyclic) bond motifs is 1. The maximum absolute atomic E-state index is 12.6. The first-order chi connectivity index (χ1) is 21.8. The molecule has 2 heterocycles. The fourth-order valence-corrected chi connectivity index (χ4v) is 6.78. The zero-order valence-corrected chi connectivity index (χ0v) is 26.9. The number of amidine groups is 1. The van der Waals surface area contributed by atoms with Gasteiger partial charge < -0.3 is 30.1 Å². The molecule has 2 aromatic rings. The topological polar surface area (TPSA) is 101 Å². The molecule has 0 spiro atoms. The van der Waals surface area contributed by atoms with Gasteiger partial charge in [0.15, 0.2) is 0 Å². The molecule has 1 saturated carbocycles. The summed E-state index contributed by atoms with van der Waals surface area (Å²) in [6, 6.07) is 15.6. The second kappa shape index (κ2) is 14.7. The molecule has 3 fully saturated rings. The van der Waals surface area contributed by atoms with E-state index < -0.39 is 0 Å². The van der Waals surface area contributed by atoms with E-state index in [1.54, 1.807) is 4.90 Å². The summed E-state index contributed by atoms with van der Waals surface area (Å²) in [5.74, 6) is 0.570. The van der Waals surface area contributed by atoms with Crippen LogP contribution in [0.25, 0.3) is 10.8 Å². The summed E-state index contributed by atoms with van der Waals surface area (Å²) in [4.78, 5) is 26.2. The lowest BCUT2D eigenvalue weighted by molar-refractivity contribution is -0.130. The Labute approximate surface area is 267 Å². The maximum Gasteiger partial charge on any atom is 0.288 e. The van der Waals surface area contributed by atoms with Gasteiger partial charge in [0.1, 0.15) is 12.4 Å². The highest BCUT2D eigenvalue weighted by Crippen LogP contribution is 2.35. The van der Waals surface area contributed by atoms with Crippen molar-refractivity contribution < 1.29 is 9.53 Å². The lowest BCUT2D eigenvalue weighted by atomic mass is 9.92. The largest absolute Gasteiger partial charge is 0.464 e. The minimum absolute atomic E-state index is 0.125. The molecule has 5 rings (SSSR count). The fraction of sp³-hybridized carbons (Fsp3) is 0.472. The molecular formula is C36H47N7O2. The minimum Gasteiger partial charge on any atom is -0.464 e. The fourth-order valence-electron chi connectivity index (χ4n) is 6.78. The van der Waals surface area contributed by atoms with Crippen LogP contribution in [0.1, 0.15) is 44.1 Å². The van der Waals surface area contributed by atoms with Gasteiger partial charge in [0.2, 0.25) is 5.91 Å². The number of hydrogen-bond acceptors (Lipinski definition) is 7. The number of carbonyl (C=O) groups excluding carboxylic acids is 1. The molecule has 2 saturated heterocycles. The third kappa shape index (κ3) is 7.34. The van der Waals surface area contributed by atoms with E-state index in [0.29, 0.717) is 38.8 Å². The van der Waals surface area contributed by atoms with E-state index in [9.17, 15) is 10.1 Å². The first kappa shape index (κ1) is 32.1. The number of anilines is 1. The van der Waals surface area contributed by atoms with E-state index in [4.69, 9.17) is 15.5 Å². The van der Waals surface area contributed by atoms with Crippen LogP contribution in [-0.4, -0.2) is 91.6 Å². The number of likely N-dealkylation sites (N-methyl/N-ethyl adjacent to an activating group) is 1. The van der Waals surface area contributed by atoms with Crippen LogP contribution in [0.4, 0.5) is 5.69 Å². The van der Waals surface area contributed by atoms with Crippen molar-refractivity contribution >= 4 is 28.4 Å². The molecule has 3 aliphatic rings. The molecule has 2 aliphatic heterocycles. The van der Waals surface area contributed by atoms with Gasteiger partial charge in [-0.15, -0.1) is 0 Å². The molecule has 1 atom stereocenters. The molecule has 9 heteroatoms. The molecule has 9 nitrogen and oxygen atoms in total. The van der Waals surface area contributed by atoms with E-state index in [0.717, 1.165) is 42.9 Å². The van der Waals surface area contributed by atoms with Crippen molar-refractivity contribution in [2.75, 3.05) is 57.8 Å². The number of hydrogen-bond donors (Lipinski definition) is 1. The number of piperazine rings is 1. The second-order valence-corrected chi connectivity index (χ2v) is 12.4. The van der Waals surface area contributed by atoms with Gasteiger partial charge in [-0.2, -0.15) is 10.3 Å². The number of nitrogens with zero attached hydrogens (tertiary/aromatic N) is 6. The highest BCUT2D eigenvalue weighted by molar-refractivity contribution is 5.97. The van der Waals surface area contributed by atoms with Gasteiger partial charge >= 0.3 is 0 Å². The van der Waals surface area contributed by atoms with Crippen LogP contribution in [0, 0.1) is 18.3 Å². The highest BCUT2D eigenvalue weighted by atomic mass is 16.5. The quantitative estimate of drug-likeness (QED) is 0.244. The van der Waals surface area contributed by atoms with E-state index in [1.165, 1.54) is 47.4 Å². The minimum atomic E-state index is -0.285. The van der Waals surface area contributed by atoms with E-state index in [1.807, 2.05) is 0 Å². The van der Waals surface area contributed by atoms with Crippen LogP contribution in [0.2, 0.25) is 0 Å². The van der Waals surface area contributed by atoms with Crippen molar-refractivity contribution in [2.45, 2.75) is 57.5 Å². The molecular weight excluding hydrogens is 562 g/mol. The Morgan fingerprint density at radius 2 is 1.98 bits per heavy atom. The lowest BCUT2D eigenvalue weighted by Crippen LogP contribution is -2.54. The predicted octanol–water partition coefficient (Wildman–Crippen LogP) is 4.94. The van der Waals surface area contributed by atoms with Crippen LogP contribution < -0.4 is 10.6 Å². The third-order valence-corrected chi connectivity index (χ3v) is 9.54. The van der Waals surface area contributed by atoms with E-state index in [2.05, 4.69) is 84.3 Å². The molecule has 1 unspecified atom stereocenters. The molecule has 45 heavy (non-hydrogen) atoms. The van der Waals surface area contributed by atoms with Gasteiger partial charge in [-0.05, 0) is 73.9 Å². The van der Waals surface area contributed by atoms with Crippen LogP contribution in [0.5, 0.6) is 0 Å². The Morgan fingerprint density at radius 3 is 2.69 bits per heavy atom. The highest BCUT2D eigenvalue weighted by Gasteiger charge is 2.32. The standard InChI is InChI=1S/C36H47N7O2/c1-5-33(44)43-21-20-42(25-30(43)17-18-37)35(39-36(38)45-23-22-40(4)29-13-8-14-29)31-15-9-19-41(24-27(31)3)32-16-7-12-28-11-6-10-26(2)34(28)32/h5-7,10-12,16,29-30H,1,3,8-9,13-15,17,19-25H2,2,4H3,(H2,38,39)/b35-31+. The second-order valence-electron chi connectivity index (χ2n) is 12.4. The van der Waals surface area contributed by atoms with Crippen molar-refractivity contribution in [1.82, 2.24) is 14.7 Å². The molecule has 0 radical (unpaired) electrons. The molecule has 2 N–H and O–H groups in total. The molecule has 0 aromatic heterocycles. The third-order valence-electron chi connectivity index (χ3n) is 9.54. The number of rotatable bonds is 9. The van der Waals surface area contributed by atoms with Crippen molar-refractivity contribution in [2.24, 2.45) is 10.7 Å². The zero-order valence-electron chi connectivity index (χ0n) is 26.9. The Kier molecular flexibility index (Phi) is 10.5. The summed E-state index contributed by atoms with van der Waals surface area (Å²) < 4.78 is 5.97. The monoisotopic (exact) mass is 609 g/mol.